The summed E-state index contributed by atoms with van der Waals surface area (Å²) in [7, 11) is 1.25. The highest BCUT2D eigenvalue weighted by molar-refractivity contribution is 8.00. The van der Waals surface area contributed by atoms with Gasteiger partial charge in [-0.1, -0.05) is 10.3 Å². The molecule has 192 valence electrons. The minimum atomic E-state index is -1.23. The maximum Gasteiger partial charge on any atom is 0.352 e. The van der Waals surface area contributed by atoms with Crippen molar-refractivity contribution in [1.82, 2.24) is 34.4 Å². The predicted molar refractivity (Wildman–Crippen MR) is 133 cm³/mol. The van der Waals surface area contributed by atoms with Gasteiger partial charge in [0.15, 0.2) is 5.13 Å². The van der Waals surface area contributed by atoms with Crippen molar-refractivity contribution >= 4 is 69.3 Å². The lowest BCUT2D eigenvalue weighted by Gasteiger charge is -2.49. The average molecular weight is 564 g/mol. The zero-order valence-electron chi connectivity index (χ0n) is 19.3. The van der Waals surface area contributed by atoms with Crippen molar-refractivity contribution in [2.45, 2.75) is 23.0 Å². The first-order chi connectivity index (χ1) is 17.8. The average Bonchev–Trinajstić information content (AvgIpc) is 3.50. The van der Waals surface area contributed by atoms with Crippen LogP contribution in [0.1, 0.15) is 5.82 Å². The van der Waals surface area contributed by atoms with Gasteiger partial charge in [0.1, 0.15) is 29.2 Å². The van der Waals surface area contributed by atoms with E-state index in [0.29, 0.717) is 17.0 Å². The molecule has 15 nitrogen and oxygen atoms in total. The number of nitrogen functional groups attached to an aromatic ring is 1. The Morgan fingerprint density at radius 2 is 2.24 bits per heavy atom. The number of fused-ring (bicyclic) bond motifs is 2. The summed E-state index contributed by atoms with van der Waals surface area (Å²) in [6.45, 7) is 0.202. The van der Waals surface area contributed by atoms with Crippen molar-refractivity contribution in [1.29, 1.82) is 0 Å². The van der Waals surface area contributed by atoms with Crippen LogP contribution in [0.5, 0.6) is 0 Å². The highest BCUT2D eigenvalue weighted by atomic mass is 32.2. The van der Waals surface area contributed by atoms with Crippen molar-refractivity contribution in [3.05, 3.63) is 35.6 Å². The van der Waals surface area contributed by atoms with E-state index in [-0.39, 0.29) is 28.9 Å². The fourth-order valence-corrected chi connectivity index (χ4v) is 6.05. The second-order valence-corrected chi connectivity index (χ2v) is 10.4. The number of carboxylic acid groups (broad SMARTS) is 1. The third kappa shape index (κ3) is 4.46. The molecule has 3 aromatic heterocycles. The second kappa shape index (κ2) is 9.94. The first-order valence-corrected chi connectivity index (χ1v) is 13.6. The number of aromatic nitrogens is 6. The number of hydrogen-bond acceptors (Lipinski definition) is 13. The van der Waals surface area contributed by atoms with Crippen LogP contribution >= 0.6 is 35.1 Å². The molecule has 2 amide bonds. The quantitative estimate of drug-likeness (QED) is 0.0992. The van der Waals surface area contributed by atoms with E-state index in [1.54, 1.807) is 10.9 Å². The standard InChI is InChI=1S/C19H18N10O5S3/c1-34-25-11(14-23-19(20)37-26-14)15(30)22-12-16(31)28-13(18(32)33)8(6-36-17(12)28)5-27-7-21-29-10(27)4-3-9(24-29)35-2/h3-4,7,12,17H,5-6H2,1-2H3,(H3-,20,22,23,26,30,32,33)/p+1/b25-11+/t12-,17-/m1/s1. The number of β-lactam (4-membered cyclic amide) rings is 1. The number of carbonyl (C=O) groups excluding carboxylic acids is 2. The van der Waals surface area contributed by atoms with Crippen LogP contribution in [0.25, 0.3) is 5.65 Å². The fraction of sp³-hybridized carbons (Fsp3) is 0.316. The minimum Gasteiger partial charge on any atom is -0.477 e. The van der Waals surface area contributed by atoms with E-state index in [1.165, 1.54) is 40.2 Å². The molecule has 1 saturated heterocycles. The molecular weight excluding hydrogens is 544 g/mol. The number of nitrogens with zero attached hydrogens (tertiary/aromatic N) is 8. The third-order valence-corrected chi connectivity index (χ3v) is 8.04. The molecule has 4 N–H and O–H groups in total. The lowest BCUT2D eigenvalue weighted by Crippen LogP contribution is -2.71. The molecule has 0 spiro atoms. The molecule has 0 bridgehead atoms. The molecule has 5 heterocycles. The number of nitrogens with two attached hydrogens (primary N) is 1. The van der Waals surface area contributed by atoms with E-state index in [4.69, 9.17) is 10.6 Å². The highest BCUT2D eigenvalue weighted by Gasteiger charge is 2.54. The molecule has 0 saturated carbocycles. The lowest BCUT2D eigenvalue weighted by molar-refractivity contribution is -0.664. The van der Waals surface area contributed by atoms with Gasteiger partial charge in [-0.2, -0.15) is 9.36 Å². The number of amides is 2. The van der Waals surface area contributed by atoms with Crippen molar-refractivity contribution in [3.63, 3.8) is 0 Å². The first kappa shape index (κ1) is 24.9. The molecule has 0 unspecified atom stereocenters. The minimum absolute atomic E-state index is 0.0419. The molecular formula is C19H19N10O5S3+. The zero-order valence-corrected chi connectivity index (χ0v) is 21.7. The van der Waals surface area contributed by atoms with E-state index in [1.807, 2.05) is 18.4 Å². The zero-order chi connectivity index (χ0) is 26.3. The SMILES string of the molecule is CO/N=C(/C(=O)N[C@@H]1C(=O)N2C(C(=O)O)=C(C[n+]3cnn4nc(SC)ccc43)CS[C@H]12)c1nsc(N)n1. The predicted octanol–water partition coefficient (Wildman–Crippen LogP) is -1.04. The Bertz CT molecular complexity index is 1480. The summed E-state index contributed by atoms with van der Waals surface area (Å²) in [5.74, 6) is -2.25. The number of rotatable bonds is 8. The summed E-state index contributed by atoms with van der Waals surface area (Å²) in [6.07, 6.45) is 3.47. The summed E-state index contributed by atoms with van der Waals surface area (Å²) in [5.41, 5.74) is 6.43. The van der Waals surface area contributed by atoms with E-state index in [2.05, 4.69) is 30.0 Å². The maximum atomic E-state index is 13.0. The molecule has 18 heteroatoms. The lowest BCUT2D eigenvalue weighted by atomic mass is 10.0. The second-order valence-electron chi connectivity index (χ2n) is 7.68. The molecule has 5 rings (SSSR count). The Labute approximate surface area is 220 Å². The van der Waals surface area contributed by atoms with Gasteiger partial charge in [0.25, 0.3) is 23.8 Å². The number of oxime groups is 1. The molecule has 0 aromatic carbocycles. The van der Waals surface area contributed by atoms with Crippen LogP contribution < -0.4 is 15.6 Å². The smallest absolute Gasteiger partial charge is 0.352 e. The Morgan fingerprint density at radius 1 is 1.43 bits per heavy atom. The van der Waals surface area contributed by atoms with Crippen molar-refractivity contribution in [2.75, 3.05) is 24.9 Å². The Hall–Kier alpha value is -3.77. The van der Waals surface area contributed by atoms with Crippen LogP contribution in [-0.2, 0) is 25.8 Å². The normalized spacial score (nSPS) is 19.6. The van der Waals surface area contributed by atoms with E-state index in [0.717, 1.165) is 16.6 Å². The number of aliphatic carboxylic acids is 1. The van der Waals surface area contributed by atoms with Gasteiger partial charge < -0.3 is 21.0 Å². The molecule has 0 aliphatic carbocycles. The van der Waals surface area contributed by atoms with Gasteiger partial charge >= 0.3 is 5.97 Å². The number of nitrogens with one attached hydrogen (secondary N) is 1. The molecule has 3 aromatic rings. The van der Waals surface area contributed by atoms with Crippen LogP contribution in [-0.4, -0.2) is 88.2 Å². The number of carboxylic acids is 1. The van der Waals surface area contributed by atoms with Gasteiger partial charge in [-0.25, -0.2) is 9.36 Å². The third-order valence-electron chi connectivity index (χ3n) is 5.53. The fourth-order valence-electron chi connectivity index (χ4n) is 3.91. The van der Waals surface area contributed by atoms with Crippen LogP contribution in [0, 0.1) is 0 Å². The number of thioether (sulfide) groups is 2. The molecule has 37 heavy (non-hydrogen) atoms. The topological polar surface area (TPSA) is 194 Å². The summed E-state index contributed by atoms with van der Waals surface area (Å²) < 4.78 is 7.18. The number of carbonyl (C=O) groups is 3. The molecule has 1 fully saturated rings. The number of anilines is 1. The Balaban J connectivity index is 1.37. The Morgan fingerprint density at radius 3 is 2.92 bits per heavy atom. The van der Waals surface area contributed by atoms with Crippen molar-refractivity contribution in [3.8, 4) is 0 Å². The van der Waals surface area contributed by atoms with Gasteiger partial charge in [0.2, 0.25) is 11.5 Å². The summed E-state index contributed by atoms with van der Waals surface area (Å²) in [6, 6.07) is 2.72. The highest BCUT2D eigenvalue weighted by Crippen LogP contribution is 2.40. The summed E-state index contributed by atoms with van der Waals surface area (Å²) >= 11 is 3.70. The molecule has 2 aliphatic heterocycles. The summed E-state index contributed by atoms with van der Waals surface area (Å²) in [5, 5.41) is 25.2. The van der Waals surface area contributed by atoms with E-state index in [9.17, 15) is 19.5 Å². The monoisotopic (exact) mass is 563 g/mol. The van der Waals surface area contributed by atoms with Gasteiger partial charge in [-0.15, -0.1) is 23.5 Å². The summed E-state index contributed by atoms with van der Waals surface area (Å²) in [4.78, 5) is 48.0. The van der Waals surface area contributed by atoms with Crippen LogP contribution in [0.4, 0.5) is 5.13 Å². The van der Waals surface area contributed by atoms with Gasteiger partial charge in [-0.3, -0.25) is 14.5 Å². The van der Waals surface area contributed by atoms with Gasteiger partial charge in [0, 0.05) is 33.6 Å². The van der Waals surface area contributed by atoms with Crippen molar-refractivity contribution in [2.24, 2.45) is 5.16 Å². The largest absolute Gasteiger partial charge is 0.477 e. The van der Waals surface area contributed by atoms with Gasteiger partial charge in [0.05, 0.1) is 11.6 Å². The van der Waals surface area contributed by atoms with Crippen LogP contribution in [0.3, 0.4) is 0 Å². The van der Waals surface area contributed by atoms with Crippen molar-refractivity contribution < 1.29 is 28.9 Å². The molecule has 2 atom stereocenters. The number of hydrogen-bond donors (Lipinski definition) is 3. The first-order valence-electron chi connectivity index (χ1n) is 10.5. The molecule has 0 radical (unpaired) electrons. The molecule has 2 aliphatic rings. The van der Waals surface area contributed by atoms with Crippen LogP contribution in [0.15, 0.2) is 39.9 Å². The van der Waals surface area contributed by atoms with E-state index >= 15 is 0 Å². The maximum absolute atomic E-state index is 13.0. The van der Waals surface area contributed by atoms with Gasteiger partial charge in [-0.05, 0) is 12.3 Å². The Kier molecular flexibility index (Phi) is 6.69. The van der Waals surface area contributed by atoms with E-state index < -0.39 is 29.2 Å². The van der Waals surface area contributed by atoms with Crippen LogP contribution in [0.2, 0.25) is 0 Å².